The molecule has 2 aromatic heterocycles. The number of hydrogen-bond acceptors (Lipinski definition) is 3. The number of hydrogen-bond donors (Lipinski definition) is 0. The molecular formula is C52H34N4. The van der Waals surface area contributed by atoms with E-state index in [0.717, 1.165) is 33.8 Å². The normalized spacial score (nSPS) is 13.2. The topological polar surface area (TPSA) is 43.6 Å². The van der Waals surface area contributed by atoms with Crippen molar-refractivity contribution >= 4 is 21.8 Å². The second-order valence-electron chi connectivity index (χ2n) is 14.4. The minimum atomic E-state index is -0.185. The van der Waals surface area contributed by atoms with E-state index in [-0.39, 0.29) is 5.92 Å². The number of nitrogens with zero attached hydrogens (tertiary/aromatic N) is 4. The van der Waals surface area contributed by atoms with E-state index in [9.17, 15) is 0 Å². The van der Waals surface area contributed by atoms with Crippen molar-refractivity contribution in [1.82, 2.24) is 19.5 Å². The zero-order chi connectivity index (χ0) is 37.0. The van der Waals surface area contributed by atoms with E-state index in [4.69, 9.17) is 15.0 Å². The molecule has 0 saturated carbocycles. The fourth-order valence-electron chi connectivity index (χ4n) is 8.60. The number of fused-ring (bicyclic) bond motifs is 7. The van der Waals surface area contributed by atoms with Gasteiger partial charge in [-0.05, 0) is 74.8 Å². The molecular weight excluding hydrogens is 681 g/mol. The standard InChI is InChI=1S/C52H34N4/c1-4-16-34(17-5-1)37-22-14-24-39(32-37)51-53-50(36-20-8-3-9-21-36)54-52(55-51)48-42-27-11-10-26-41(42)47-44(48)30-31-46-49(47)43-28-12-13-29-45(43)56(46)40-25-15-23-38(33-40)35-18-6-2-7-19-35/h1-33,48H. The lowest BCUT2D eigenvalue weighted by molar-refractivity contribution is 0.856. The summed E-state index contributed by atoms with van der Waals surface area (Å²) in [5.74, 6) is 1.88. The Morgan fingerprint density at radius 2 is 0.946 bits per heavy atom. The highest BCUT2D eigenvalue weighted by atomic mass is 15.0. The lowest BCUT2D eigenvalue weighted by Gasteiger charge is -2.16. The molecule has 2 heterocycles. The average Bonchev–Trinajstić information content (AvgIpc) is 3.80. The first-order valence-electron chi connectivity index (χ1n) is 19.1. The number of aromatic nitrogens is 4. The summed E-state index contributed by atoms with van der Waals surface area (Å²) in [7, 11) is 0. The van der Waals surface area contributed by atoms with E-state index in [1.54, 1.807) is 0 Å². The summed E-state index contributed by atoms with van der Waals surface area (Å²) in [6.07, 6.45) is 0. The Bertz CT molecular complexity index is 3080. The molecule has 4 nitrogen and oxygen atoms in total. The Morgan fingerprint density at radius 1 is 0.375 bits per heavy atom. The molecule has 0 fully saturated rings. The summed E-state index contributed by atoms with van der Waals surface area (Å²) in [5, 5.41) is 2.46. The Labute approximate surface area is 325 Å². The van der Waals surface area contributed by atoms with Gasteiger partial charge >= 0.3 is 0 Å². The molecule has 0 N–H and O–H groups in total. The third-order valence-electron chi connectivity index (χ3n) is 11.1. The fourth-order valence-corrected chi connectivity index (χ4v) is 8.60. The first kappa shape index (κ1) is 32.0. The van der Waals surface area contributed by atoms with Crippen molar-refractivity contribution in [2.45, 2.75) is 5.92 Å². The molecule has 1 aliphatic carbocycles. The SMILES string of the molecule is c1ccc(-c2cccc(-c3nc(-c4ccccc4)nc(C4c5ccccc5-c5c4ccc4c5c5ccccc5n4-c4cccc(-c5ccccc5)c4)n3)c2)cc1. The van der Waals surface area contributed by atoms with E-state index in [1.165, 1.54) is 55.2 Å². The van der Waals surface area contributed by atoms with Crippen LogP contribution in [0.25, 0.3) is 83.6 Å². The van der Waals surface area contributed by atoms with E-state index < -0.39 is 0 Å². The zero-order valence-electron chi connectivity index (χ0n) is 30.4. The second kappa shape index (κ2) is 13.2. The van der Waals surface area contributed by atoms with Crippen LogP contribution in [0.3, 0.4) is 0 Å². The van der Waals surface area contributed by atoms with Crippen molar-refractivity contribution in [1.29, 1.82) is 0 Å². The van der Waals surface area contributed by atoms with Gasteiger partial charge in [0.05, 0.1) is 17.0 Å². The molecule has 0 bridgehead atoms. The van der Waals surface area contributed by atoms with Crippen LogP contribution in [0.15, 0.2) is 200 Å². The van der Waals surface area contributed by atoms with Crippen molar-refractivity contribution in [3.05, 3.63) is 217 Å². The van der Waals surface area contributed by atoms with Crippen molar-refractivity contribution < 1.29 is 0 Å². The zero-order valence-corrected chi connectivity index (χ0v) is 30.4. The molecule has 56 heavy (non-hydrogen) atoms. The molecule has 10 aromatic rings. The van der Waals surface area contributed by atoms with Gasteiger partial charge in [0.2, 0.25) is 0 Å². The fraction of sp³-hybridized carbons (Fsp3) is 0.0192. The van der Waals surface area contributed by atoms with Crippen LogP contribution >= 0.6 is 0 Å². The van der Waals surface area contributed by atoms with E-state index in [0.29, 0.717) is 11.6 Å². The summed E-state index contributed by atoms with van der Waals surface area (Å²) in [5.41, 5.74) is 14.9. The maximum atomic E-state index is 5.35. The number of benzene rings is 8. The lowest BCUT2D eigenvalue weighted by Crippen LogP contribution is -2.09. The quantitative estimate of drug-likeness (QED) is 0.172. The average molecular weight is 715 g/mol. The molecule has 1 aliphatic rings. The van der Waals surface area contributed by atoms with Crippen LogP contribution in [0.1, 0.15) is 22.9 Å². The van der Waals surface area contributed by atoms with Crippen molar-refractivity contribution in [3.8, 4) is 61.8 Å². The summed E-state index contributed by atoms with van der Waals surface area (Å²) < 4.78 is 2.42. The van der Waals surface area contributed by atoms with Crippen LogP contribution in [-0.4, -0.2) is 19.5 Å². The predicted octanol–water partition coefficient (Wildman–Crippen LogP) is 12.8. The van der Waals surface area contributed by atoms with Gasteiger partial charge in [-0.25, -0.2) is 15.0 Å². The van der Waals surface area contributed by atoms with Gasteiger partial charge in [0.25, 0.3) is 0 Å². The third-order valence-corrected chi connectivity index (χ3v) is 11.1. The van der Waals surface area contributed by atoms with Crippen molar-refractivity contribution in [2.75, 3.05) is 0 Å². The molecule has 0 spiro atoms. The molecule has 0 radical (unpaired) electrons. The first-order valence-corrected chi connectivity index (χ1v) is 19.1. The van der Waals surface area contributed by atoms with Gasteiger partial charge in [-0.2, -0.15) is 0 Å². The maximum absolute atomic E-state index is 5.35. The second-order valence-corrected chi connectivity index (χ2v) is 14.4. The smallest absolute Gasteiger partial charge is 0.163 e. The van der Waals surface area contributed by atoms with Gasteiger partial charge < -0.3 is 4.57 Å². The molecule has 0 amide bonds. The van der Waals surface area contributed by atoms with Crippen LogP contribution in [0.2, 0.25) is 0 Å². The Morgan fingerprint density at radius 3 is 1.70 bits per heavy atom. The Balaban J connectivity index is 1.13. The van der Waals surface area contributed by atoms with Crippen molar-refractivity contribution in [2.24, 2.45) is 0 Å². The van der Waals surface area contributed by atoms with Gasteiger partial charge in [0.1, 0.15) is 5.82 Å². The highest BCUT2D eigenvalue weighted by Gasteiger charge is 2.35. The minimum Gasteiger partial charge on any atom is -0.309 e. The highest BCUT2D eigenvalue weighted by molar-refractivity contribution is 6.17. The van der Waals surface area contributed by atoms with Gasteiger partial charge in [0, 0.05) is 27.6 Å². The maximum Gasteiger partial charge on any atom is 0.163 e. The molecule has 8 aromatic carbocycles. The summed E-state index contributed by atoms with van der Waals surface area (Å²) >= 11 is 0. The molecule has 11 rings (SSSR count). The monoisotopic (exact) mass is 714 g/mol. The molecule has 262 valence electrons. The van der Waals surface area contributed by atoms with Gasteiger partial charge in [-0.15, -0.1) is 0 Å². The minimum absolute atomic E-state index is 0.185. The Hall–Kier alpha value is -7.43. The van der Waals surface area contributed by atoms with Gasteiger partial charge in [0.15, 0.2) is 11.6 Å². The molecule has 0 saturated heterocycles. The highest BCUT2D eigenvalue weighted by Crippen LogP contribution is 2.52. The van der Waals surface area contributed by atoms with Gasteiger partial charge in [-0.3, -0.25) is 0 Å². The number of para-hydroxylation sites is 1. The van der Waals surface area contributed by atoms with Crippen molar-refractivity contribution in [3.63, 3.8) is 0 Å². The van der Waals surface area contributed by atoms with Crippen LogP contribution in [0, 0.1) is 0 Å². The van der Waals surface area contributed by atoms with E-state index in [1.807, 2.05) is 24.3 Å². The molecule has 1 atom stereocenters. The predicted molar refractivity (Wildman–Crippen MR) is 229 cm³/mol. The molecule has 1 unspecified atom stereocenters. The van der Waals surface area contributed by atoms with E-state index >= 15 is 0 Å². The van der Waals surface area contributed by atoms with Crippen LogP contribution in [-0.2, 0) is 0 Å². The largest absolute Gasteiger partial charge is 0.309 e. The van der Waals surface area contributed by atoms with Gasteiger partial charge in [-0.1, -0.05) is 170 Å². The van der Waals surface area contributed by atoms with Crippen LogP contribution < -0.4 is 0 Å². The number of rotatable bonds is 6. The summed E-state index contributed by atoms with van der Waals surface area (Å²) in [6.45, 7) is 0. The first-order chi connectivity index (χ1) is 27.8. The van der Waals surface area contributed by atoms with Crippen LogP contribution in [0.5, 0.6) is 0 Å². The lowest BCUT2D eigenvalue weighted by atomic mass is 9.94. The molecule has 0 aliphatic heterocycles. The summed E-state index contributed by atoms with van der Waals surface area (Å²) in [6, 6.07) is 70.9. The van der Waals surface area contributed by atoms with E-state index in [2.05, 4.69) is 180 Å². The van der Waals surface area contributed by atoms with Crippen LogP contribution in [0.4, 0.5) is 0 Å². The molecule has 4 heteroatoms. The summed E-state index contributed by atoms with van der Waals surface area (Å²) in [4.78, 5) is 15.8. The third kappa shape index (κ3) is 5.26. The Kier molecular flexibility index (Phi) is 7.52.